The first kappa shape index (κ1) is 22.6. The monoisotopic (exact) mass is 477 g/mol. The summed E-state index contributed by atoms with van der Waals surface area (Å²) < 4.78 is 39.5. The molecule has 0 aromatic heterocycles. The lowest BCUT2D eigenvalue weighted by Crippen LogP contribution is -2.38. The average molecular weight is 478 g/mol. The molecule has 2 aromatic carbocycles. The van der Waals surface area contributed by atoms with Gasteiger partial charge in [-0.1, -0.05) is 29.3 Å². The number of rotatable bonds is 3. The van der Waals surface area contributed by atoms with E-state index in [2.05, 4.69) is 10.6 Å². The molecule has 0 bridgehead atoms. The summed E-state index contributed by atoms with van der Waals surface area (Å²) in [5.41, 5.74) is -1.08. The average Bonchev–Trinajstić information content (AvgIpc) is 2.71. The Morgan fingerprint density at radius 3 is 2.33 bits per heavy atom. The van der Waals surface area contributed by atoms with Crippen molar-refractivity contribution in [1.82, 2.24) is 4.90 Å². The number of nitrogens with one attached hydrogen (secondary N) is 2. The molecule has 0 unspecified atom stereocenters. The van der Waals surface area contributed by atoms with Gasteiger partial charge in [0.1, 0.15) is 0 Å². The number of nitrogens with zero attached hydrogens (tertiary/aromatic N) is 1. The van der Waals surface area contributed by atoms with Crippen LogP contribution in [-0.4, -0.2) is 41.4 Å². The molecule has 0 radical (unpaired) electrons. The van der Waals surface area contributed by atoms with Crippen LogP contribution >= 0.6 is 35.0 Å². The minimum atomic E-state index is -4.63. The smallest absolute Gasteiger partial charge is 0.337 e. The number of thioether (sulfide) groups is 1. The van der Waals surface area contributed by atoms with E-state index >= 15 is 0 Å². The zero-order valence-corrected chi connectivity index (χ0v) is 17.7. The molecule has 160 valence electrons. The van der Waals surface area contributed by atoms with Crippen molar-refractivity contribution in [1.29, 1.82) is 0 Å². The van der Waals surface area contributed by atoms with Crippen molar-refractivity contribution in [3.05, 3.63) is 57.6 Å². The number of urea groups is 1. The number of hydrogen-bond donors (Lipinski definition) is 2. The van der Waals surface area contributed by atoms with Crippen LogP contribution in [0.2, 0.25) is 10.0 Å². The van der Waals surface area contributed by atoms with Crippen LogP contribution in [0.25, 0.3) is 0 Å². The van der Waals surface area contributed by atoms with Crippen LogP contribution < -0.4 is 10.6 Å². The summed E-state index contributed by atoms with van der Waals surface area (Å²) >= 11 is 13.6. The van der Waals surface area contributed by atoms with Crippen LogP contribution in [0.4, 0.5) is 29.3 Å². The maximum atomic E-state index is 13.2. The van der Waals surface area contributed by atoms with E-state index in [1.165, 1.54) is 12.1 Å². The topological polar surface area (TPSA) is 61.4 Å². The Hall–Kier alpha value is -2.10. The number of amides is 3. The van der Waals surface area contributed by atoms with Crippen molar-refractivity contribution in [3.8, 4) is 0 Å². The van der Waals surface area contributed by atoms with E-state index < -0.39 is 23.7 Å². The Kier molecular flexibility index (Phi) is 7.05. The molecule has 1 aliphatic heterocycles. The molecule has 0 aliphatic carbocycles. The Morgan fingerprint density at radius 1 is 1.00 bits per heavy atom. The number of halogens is 5. The zero-order valence-electron chi connectivity index (χ0n) is 15.4. The van der Waals surface area contributed by atoms with Gasteiger partial charge in [0.15, 0.2) is 0 Å². The van der Waals surface area contributed by atoms with E-state index in [9.17, 15) is 22.8 Å². The highest BCUT2D eigenvalue weighted by Gasteiger charge is 2.32. The maximum Gasteiger partial charge on any atom is 0.416 e. The molecule has 1 fully saturated rings. The lowest BCUT2D eigenvalue weighted by molar-refractivity contribution is -0.137. The summed E-state index contributed by atoms with van der Waals surface area (Å²) in [5.74, 6) is 1.03. The van der Waals surface area contributed by atoms with Gasteiger partial charge in [-0.2, -0.15) is 24.9 Å². The van der Waals surface area contributed by atoms with Gasteiger partial charge in [-0.3, -0.25) is 4.79 Å². The summed E-state index contributed by atoms with van der Waals surface area (Å²) in [6.45, 7) is 0.961. The minimum absolute atomic E-state index is 0.0257. The molecule has 11 heteroatoms. The largest absolute Gasteiger partial charge is 0.416 e. The molecule has 0 spiro atoms. The second-order valence-corrected chi connectivity index (χ2v) is 8.35. The number of alkyl halides is 3. The normalized spacial score (nSPS) is 14.4. The van der Waals surface area contributed by atoms with Gasteiger partial charge in [-0.25, -0.2) is 4.79 Å². The Bertz CT molecular complexity index is 967. The van der Waals surface area contributed by atoms with E-state index in [0.717, 1.165) is 29.7 Å². The summed E-state index contributed by atoms with van der Waals surface area (Å²) in [5, 5.41) is 5.05. The second kappa shape index (κ2) is 9.36. The lowest BCUT2D eigenvalue weighted by atomic mass is 10.1. The predicted molar refractivity (Wildman–Crippen MR) is 114 cm³/mol. The minimum Gasteiger partial charge on any atom is -0.337 e. The van der Waals surface area contributed by atoms with Crippen LogP contribution in [0, 0.1) is 0 Å². The highest BCUT2D eigenvalue weighted by molar-refractivity contribution is 7.99. The first-order valence-electron chi connectivity index (χ1n) is 8.77. The summed E-state index contributed by atoms with van der Waals surface area (Å²) in [6, 6.07) is 6.34. The lowest BCUT2D eigenvalue weighted by Gasteiger charge is -2.27. The van der Waals surface area contributed by atoms with Crippen molar-refractivity contribution < 1.29 is 22.8 Å². The first-order valence-corrected chi connectivity index (χ1v) is 10.7. The Morgan fingerprint density at radius 2 is 1.67 bits per heavy atom. The van der Waals surface area contributed by atoms with Gasteiger partial charge < -0.3 is 15.5 Å². The van der Waals surface area contributed by atoms with Gasteiger partial charge in [0, 0.05) is 24.6 Å². The summed E-state index contributed by atoms with van der Waals surface area (Å²) in [7, 11) is 0. The van der Waals surface area contributed by atoms with Gasteiger partial charge in [-0.15, -0.1) is 0 Å². The number of anilines is 2. The SMILES string of the molecule is O=C(Nc1cc(C(F)(F)F)ccc1C(=O)N1CCSCC1)Nc1cccc(Cl)c1Cl. The van der Waals surface area contributed by atoms with Crippen molar-refractivity contribution in [2.75, 3.05) is 35.2 Å². The number of carbonyl (C=O) groups is 2. The Balaban J connectivity index is 1.89. The van der Waals surface area contributed by atoms with Crippen molar-refractivity contribution in [2.24, 2.45) is 0 Å². The quantitative estimate of drug-likeness (QED) is 0.583. The molecule has 3 rings (SSSR count). The predicted octanol–water partition coefficient (Wildman–Crippen LogP) is 5.85. The first-order chi connectivity index (χ1) is 14.2. The standard InChI is InChI=1S/C19H16Cl2F3N3O2S/c20-13-2-1-3-14(16(13)21)25-18(29)26-15-10-11(19(22,23)24)4-5-12(15)17(28)27-6-8-30-9-7-27/h1-5,10H,6-9H2,(H2,25,26,29). The van der Waals surface area contributed by atoms with Crippen LogP contribution in [0.3, 0.4) is 0 Å². The molecule has 2 N–H and O–H groups in total. The van der Waals surface area contributed by atoms with Crippen LogP contribution in [0.1, 0.15) is 15.9 Å². The molecule has 0 saturated carbocycles. The molecule has 1 saturated heterocycles. The third-order valence-electron chi connectivity index (χ3n) is 4.32. The fourth-order valence-corrected chi connectivity index (χ4v) is 4.07. The van der Waals surface area contributed by atoms with Crippen LogP contribution in [0.15, 0.2) is 36.4 Å². The number of carbonyl (C=O) groups excluding carboxylic acids is 2. The van der Waals surface area contributed by atoms with Gasteiger partial charge in [-0.05, 0) is 30.3 Å². The van der Waals surface area contributed by atoms with E-state index in [-0.39, 0.29) is 27.0 Å². The van der Waals surface area contributed by atoms with Crippen LogP contribution in [-0.2, 0) is 6.18 Å². The zero-order chi connectivity index (χ0) is 21.9. The molecular formula is C19H16Cl2F3N3O2S. The van der Waals surface area contributed by atoms with Crippen molar-refractivity contribution >= 4 is 58.3 Å². The van der Waals surface area contributed by atoms with Crippen molar-refractivity contribution in [2.45, 2.75) is 6.18 Å². The summed E-state index contributed by atoms with van der Waals surface area (Å²) in [4.78, 5) is 26.8. The Labute approximate surface area is 184 Å². The molecular weight excluding hydrogens is 462 g/mol. The molecule has 0 atom stereocenters. The molecule has 5 nitrogen and oxygen atoms in total. The van der Waals surface area contributed by atoms with E-state index in [0.29, 0.717) is 13.1 Å². The van der Waals surface area contributed by atoms with Gasteiger partial charge in [0.05, 0.1) is 32.5 Å². The second-order valence-electron chi connectivity index (χ2n) is 6.34. The van der Waals surface area contributed by atoms with Crippen LogP contribution in [0.5, 0.6) is 0 Å². The fourth-order valence-electron chi connectivity index (χ4n) is 2.82. The van der Waals surface area contributed by atoms with Gasteiger partial charge in [0.2, 0.25) is 0 Å². The maximum absolute atomic E-state index is 13.2. The van der Waals surface area contributed by atoms with Gasteiger partial charge >= 0.3 is 12.2 Å². The van der Waals surface area contributed by atoms with E-state index in [1.807, 2.05) is 0 Å². The van der Waals surface area contributed by atoms with E-state index in [1.54, 1.807) is 22.7 Å². The molecule has 1 heterocycles. The molecule has 3 amide bonds. The third-order valence-corrected chi connectivity index (χ3v) is 6.08. The molecule has 2 aromatic rings. The number of hydrogen-bond acceptors (Lipinski definition) is 3. The third kappa shape index (κ3) is 5.33. The highest BCUT2D eigenvalue weighted by Crippen LogP contribution is 2.33. The molecule has 1 aliphatic rings. The highest BCUT2D eigenvalue weighted by atomic mass is 35.5. The van der Waals surface area contributed by atoms with Gasteiger partial charge in [0.25, 0.3) is 5.91 Å². The summed E-state index contributed by atoms with van der Waals surface area (Å²) in [6.07, 6.45) is -4.63. The number of benzene rings is 2. The van der Waals surface area contributed by atoms with E-state index in [4.69, 9.17) is 23.2 Å². The van der Waals surface area contributed by atoms with Crippen molar-refractivity contribution in [3.63, 3.8) is 0 Å². The molecule has 30 heavy (non-hydrogen) atoms. The fraction of sp³-hybridized carbons (Fsp3) is 0.263.